The van der Waals surface area contributed by atoms with Crippen molar-refractivity contribution in [2.24, 2.45) is 5.92 Å². The van der Waals surface area contributed by atoms with Crippen LogP contribution in [0.4, 0.5) is 45.5 Å². The topological polar surface area (TPSA) is 96.5 Å². The van der Waals surface area contributed by atoms with Gasteiger partial charge in [-0.1, -0.05) is 124 Å². The molecule has 0 radical (unpaired) electrons. The molecule has 0 aliphatic rings. The Morgan fingerprint density at radius 2 is 0.967 bits per heavy atom. The number of unbranched alkanes of at least 4 members (excludes halogenated alkanes) is 1. The second-order valence-electron chi connectivity index (χ2n) is 15.5. The van der Waals surface area contributed by atoms with Gasteiger partial charge in [-0.25, -0.2) is 5.43 Å². The summed E-state index contributed by atoms with van der Waals surface area (Å²) in [5, 5.41) is 10.4. The van der Waals surface area contributed by atoms with E-state index in [9.17, 15) is 0 Å². The number of benzene rings is 7. The van der Waals surface area contributed by atoms with Crippen LogP contribution in [-0.4, -0.2) is 34.8 Å². The highest BCUT2D eigenvalue weighted by Crippen LogP contribution is 2.47. The number of nitrogens with zero attached hydrogens (tertiary/aromatic N) is 5. The largest absolute Gasteiger partial charge is 0.396 e. The Morgan fingerprint density at radius 1 is 0.557 bits per heavy atom. The molecule has 0 bridgehead atoms. The molecule has 0 unspecified atom stereocenters. The highest BCUT2D eigenvalue weighted by atomic mass is 16.5. The predicted molar refractivity (Wildman–Crippen MR) is 254 cm³/mol. The number of hydrazine groups is 1. The Labute approximate surface area is 359 Å². The summed E-state index contributed by atoms with van der Waals surface area (Å²) < 4.78 is 5.90. The zero-order valence-corrected chi connectivity index (χ0v) is 35.2. The molecular formula is C52H54N8O. The molecule has 1 aromatic heterocycles. The molecule has 0 saturated heterocycles. The summed E-state index contributed by atoms with van der Waals surface area (Å²) in [4.78, 5) is 6.34. The van der Waals surface area contributed by atoms with Gasteiger partial charge in [-0.3, -0.25) is 0 Å². The van der Waals surface area contributed by atoms with Crippen molar-refractivity contribution in [2.75, 3.05) is 40.7 Å². The summed E-state index contributed by atoms with van der Waals surface area (Å²) in [5.41, 5.74) is 27.1. The first-order chi connectivity index (χ1) is 30.0. The van der Waals surface area contributed by atoms with Gasteiger partial charge in [0.05, 0.1) is 24.5 Å². The molecule has 7 aromatic carbocycles. The van der Waals surface area contributed by atoms with Crippen LogP contribution in [0.15, 0.2) is 170 Å². The Bertz CT molecular complexity index is 2520. The number of nitrogens with two attached hydrogens (primary N) is 1. The van der Waals surface area contributed by atoms with Gasteiger partial charge in [-0.15, -0.1) is 0 Å². The van der Waals surface area contributed by atoms with Gasteiger partial charge in [0.2, 0.25) is 0 Å². The number of para-hydroxylation sites is 4. The van der Waals surface area contributed by atoms with Crippen molar-refractivity contribution in [2.45, 2.75) is 40.2 Å². The van der Waals surface area contributed by atoms with E-state index in [4.69, 9.17) is 20.7 Å². The van der Waals surface area contributed by atoms with Gasteiger partial charge >= 0.3 is 0 Å². The average Bonchev–Trinajstić information content (AvgIpc) is 3.70. The first-order valence-electron chi connectivity index (χ1n) is 21.3. The lowest BCUT2D eigenvalue weighted by molar-refractivity contribution is 0.134. The van der Waals surface area contributed by atoms with Crippen LogP contribution in [0.25, 0.3) is 33.3 Å². The van der Waals surface area contributed by atoms with Crippen LogP contribution in [0, 0.1) is 5.92 Å². The van der Waals surface area contributed by atoms with Gasteiger partial charge in [-0.2, -0.15) is 15.0 Å². The van der Waals surface area contributed by atoms with E-state index in [0.29, 0.717) is 31.3 Å². The van der Waals surface area contributed by atoms with E-state index < -0.39 is 0 Å². The Balaban J connectivity index is 1.25. The van der Waals surface area contributed by atoms with E-state index in [1.54, 1.807) is 0 Å². The van der Waals surface area contributed by atoms with Gasteiger partial charge < -0.3 is 25.7 Å². The van der Waals surface area contributed by atoms with Crippen molar-refractivity contribution in [3.05, 3.63) is 170 Å². The standard InChI is InChI=1S/C52H54N8O/c1-4-5-35-61-36-34-54-55-50-48(40-28-32-46(33-29-40)60(43-22-14-8-15-23-43)44-24-16-9-17-25-44)52-51(56-58(57-52)37-38(2)3)47(49(50)53)39-26-30-45(31-27-39)59(41-18-10-6-11-19-41)42-20-12-7-13-21-42/h6-33,38,54-55H,4-5,34-37,53H2,1-3H3. The van der Waals surface area contributed by atoms with E-state index in [1.165, 1.54) is 0 Å². The first-order valence-corrected chi connectivity index (χ1v) is 21.3. The van der Waals surface area contributed by atoms with E-state index in [0.717, 1.165) is 92.5 Å². The Morgan fingerprint density at radius 3 is 1.39 bits per heavy atom. The third kappa shape index (κ3) is 9.29. The number of ether oxygens (including phenoxy) is 1. The van der Waals surface area contributed by atoms with Crippen LogP contribution in [-0.2, 0) is 11.3 Å². The fourth-order valence-corrected chi connectivity index (χ4v) is 7.68. The summed E-state index contributed by atoms with van der Waals surface area (Å²) in [7, 11) is 0. The fraction of sp³-hybridized carbons (Fsp3) is 0.192. The minimum Gasteiger partial charge on any atom is -0.396 e. The Kier molecular flexibility index (Phi) is 13.0. The molecule has 4 N–H and O–H groups in total. The van der Waals surface area contributed by atoms with Crippen LogP contribution in [0.2, 0.25) is 0 Å². The molecule has 0 aliphatic heterocycles. The van der Waals surface area contributed by atoms with Crippen molar-refractivity contribution in [3.8, 4) is 22.3 Å². The SMILES string of the molecule is CCCCOCCNNc1c(N)c(-c2ccc(N(c3ccccc3)c3ccccc3)cc2)c2nn(CC(C)C)nc2c1-c1ccc(N(c2ccccc2)c2ccccc2)cc1. The second-order valence-corrected chi connectivity index (χ2v) is 15.5. The second kappa shape index (κ2) is 19.4. The molecule has 0 atom stereocenters. The summed E-state index contributed by atoms with van der Waals surface area (Å²) in [5.74, 6) is 0.334. The first kappa shape index (κ1) is 40.8. The van der Waals surface area contributed by atoms with Gasteiger partial charge in [0.1, 0.15) is 11.0 Å². The minimum absolute atomic E-state index is 0.334. The van der Waals surface area contributed by atoms with Crippen molar-refractivity contribution in [3.63, 3.8) is 0 Å². The van der Waals surface area contributed by atoms with Gasteiger partial charge in [0.15, 0.2) is 0 Å². The van der Waals surface area contributed by atoms with Crippen LogP contribution in [0.1, 0.15) is 33.6 Å². The van der Waals surface area contributed by atoms with E-state index >= 15 is 0 Å². The van der Waals surface area contributed by atoms with Crippen molar-refractivity contribution < 1.29 is 4.74 Å². The lowest BCUT2D eigenvalue weighted by Crippen LogP contribution is -2.27. The number of rotatable bonds is 18. The number of hydrogen-bond acceptors (Lipinski definition) is 8. The molecule has 61 heavy (non-hydrogen) atoms. The minimum atomic E-state index is 0.334. The maximum Gasteiger partial charge on any atom is 0.123 e. The summed E-state index contributed by atoms with van der Waals surface area (Å²) in [6, 6.07) is 58.9. The summed E-state index contributed by atoms with van der Waals surface area (Å²) in [6.45, 7) is 9.07. The zero-order valence-electron chi connectivity index (χ0n) is 35.2. The average molecular weight is 807 g/mol. The molecule has 0 amide bonds. The number of aromatic nitrogens is 3. The number of nitrogens with one attached hydrogen (secondary N) is 2. The lowest BCUT2D eigenvalue weighted by Gasteiger charge is -2.26. The molecule has 1 heterocycles. The van der Waals surface area contributed by atoms with Crippen LogP contribution < -0.4 is 26.4 Å². The van der Waals surface area contributed by atoms with Crippen LogP contribution in [0.5, 0.6) is 0 Å². The van der Waals surface area contributed by atoms with E-state index in [1.807, 2.05) is 29.1 Å². The molecule has 9 heteroatoms. The lowest BCUT2D eigenvalue weighted by atomic mass is 9.93. The molecule has 0 spiro atoms. The summed E-state index contributed by atoms with van der Waals surface area (Å²) in [6.07, 6.45) is 2.13. The number of nitrogen functional groups attached to an aromatic ring is 1. The van der Waals surface area contributed by atoms with Gasteiger partial charge in [-0.05, 0) is 96.3 Å². The zero-order chi connectivity index (χ0) is 42.0. The van der Waals surface area contributed by atoms with E-state index in [2.05, 4.69) is 187 Å². The third-order valence-corrected chi connectivity index (χ3v) is 10.6. The van der Waals surface area contributed by atoms with Crippen molar-refractivity contribution >= 4 is 56.5 Å². The molecule has 8 aromatic rings. The maximum absolute atomic E-state index is 7.39. The third-order valence-electron chi connectivity index (χ3n) is 10.6. The highest BCUT2D eigenvalue weighted by Gasteiger charge is 2.25. The number of hydrogen-bond donors (Lipinski definition) is 3. The molecule has 0 saturated carbocycles. The molecule has 8 rings (SSSR count). The number of anilines is 8. The van der Waals surface area contributed by atoms with Crippen LogP contribution >= 0.6 is 0 Å². The van der Waals surface area contributed by atoms with E-state index in [-0.39, 0.29) is 0 Å². The van der Waals surface area contributed by atoms with Crippen molar-refractivity contribution in [1.82, 2.24) is 20.4 Å². The molecule has 9 nitrogen and oxygen atoms in total. The predicted octanol–water partition coefficient (Wildman–Crippen LogP) is 12.7. The van der Waals surface area contributed by atoms with Crippen molar-refractivity contribution in [1.29, 1.82) is 0 Å². The quantitative estimate of drug-likeness (QED) is 0.0448. The molecular weight excluding hydrogens is 753 g/mol. The number of fused-ring (bicyclic) bond motifs is 1. The normalized spacial score (nSPS) is 11.3. The fourth-order valence-electron chi connectivity index (χ4n) is 7.68. The van der Waals surface area contributed by atoms with Gasteiger partial charge in [0, 0.05) is 58.4 Å². The maximum atomic E-state index is 7.39. The highest BCUT2D eigenvalue weighted by molar-refractivity contribution is 6.13. The molecule has 0 aliphatic carbocycles. The molecule has 0 fully saturated rings. The monoisotopic (exact) mass is 806 g/mol. The van der Waals surface area contributed by atoms with Crippen LogP contribution in [0.3, 0.4) is 0 Å². The Hall–Kier alpha value is -6.94. The molecule has 308 valence electrons. The summed E-state index contributed by atoms with van der Waals surface area (Å²) >= 11 is 0. The van der Waals surface area contributed by atoms with Gasteiger partial charge in [0.25, 0.3) is 0 Å². The smallest absolute Gasteiger partial charge is 0.123 e.